The summed E-state index contributed by atoms with van der Waals surface area (Å²) in [5.74, 6) is -0.560. The van der Waals surface area contributed by atoms with Crippen LogP contribution in [-0.4, -0.2) is 15.9 Å². The van der Waals surface area contributed by atoms with Crippen molar-refractivity contribution in [1.29, 1.82) is 0 Å². The van der Waals surface area contributed by atoms with Crippen LogP contribution in [0.5, 0.6) is 0 Å². The molecule has 4 nitrogen and oxygen atoms in total. The van der Waals surface area contributed by atoms with Gasteiger partial charge in [0.05, 0.1) is 32.5 Å². The van der Waals surface area contributed by atoms with E-state index in [-0.39, 0.29) is 11.7 Å². The molecule has 0 unspecified atom stereocenters. The van der Waals surface area contributed by atoms with Crippen LogP contribution >= 0.6 is 22.6 Å². The van der Waals surface area contributed by atoms with Gasteiger partial charge in [-0.2, -0.15) is 0 Å². The van der Waals surface area contributed by atoms with E-state index in [0.29, 0.717) is 20.4 Å². The average Bonchev–Trinajstić information content (AvgIpc) is 2.91. The van der Waals surface area contributed by atoms with Crippen molar-refractivity contribution in [2.24, 2.45) is 0 Å². The Bertz CT molecular complexity index is 721. The summed E-state index contributed by atoms with van der Waals surface area (Å²) in [7, 11) is 0. The standard InChI is InChI=1S/C13H9FIN3O/c1-6-10(17-5-16-6)4-7-11-9(18-13(7)19)3-2-8(14)12(11)15/h2-5H,1H3,(H,16,17)(H,18,19)/b7-4-. The third-order valence-electron chi connectivity index (χ3n) is 3.01. The number of imidazole rings is 1. The number of aryl methyl sites for hydroxylation is 1. The van der Waals surface area contributed by atoms with Gasteiger partial charge in [0.15, 0.2) is 0 Å². The number of rotatable bonds is 1. The Balaban J connectivity index is 2.21. The minimum Gasteiger partial charge on any atom is -0.345 e. The first-order valence-electron chi connectivity index (χ1n) is 5.59. The molecule has 0 radical (unpaired) electrons. The second kappa shape index (κ2) is 4.44. The molecule has 1 aromatic heterocycles. The molecule has 0 atom stereocenters. The summed E-state index contributed by atoms with van der Waals surface area (Å²) < 4.78 is 14.1. The normalized spacial score (nSPS) is 15.7. The second-order valence-electron chi connectivity index (χ2n) is 4.20. The van der Waals surface area contributed by atoms with Gasteiger partial charge in [0.1, 0.15) is 5.82 Å². The number of aromatic nitrogens is 2. The summed E-state index contributed by atoms with van der Waals surface area (Å²) in [5, 5.41) is 2.73. The molecule has 0 saturated carbocycles. The van der Waals surface area contributed by atoms with Gasteiger partial charge >= 0.3 is 0 Å². The Morgan fingerprint density at radius 2 is 2.21 bits per heavy atom. The number of carbonyl (C=O) groups excluding carboxylic acids is 1. The molecule has 0 fully saturated rings. The lowest BCUT2D eigenvalue weighted by atomic mass is 10.1. The Hall–Kier alpha value is -1.70. The van der Waals surface area contributed by atoms with E-state index in [1.54, 1.807) is 18.5 Å². The fourth-order valence-electron chi connectivity index (χ4n) is 2.02. The fraction of sp³-hybridized carbons (Fsp3) is 0.0769. The number of benzene rings is 1. The van der Waals surface area contributed by atoms with Gasteiger partial charge in [0.25, 0.3) is 5.91 Å². The second-order valence-corrected chi connectivity index (χ2v) is 5.28. The van der Waals surface area contributed by atoms with Crippen LogP contribution in [0.25, 0.3) is 11.6 Å². The lowest BCUT2D eigenvalue weighted by Gasteiger charge is -2.03. The number of H-pyrrole nitrogens is 1. The molecule has 0 saturated heterocycles. The van der Waals surface area contributed by atoms with Crippen molar-refractivity contribution in [3.05, 3.63) is 44.8 Å². The number of nitrogens with one attached hydrogen (secondary N) is 2. The summed E-state index contributed by atoms with van der Waals surface area (Å²) in [6.45, 7) is 1.84. The molecule has 0 aliphatic carbocycles. The molecule has 6 heteroatoms. The lowest BCUT2D eigenvalue weighted by molar-refractivity contribution is -0.110. The van der Waals surface area contributed by atoms with Crippen LogP contribution in [0.3, 0.4) is 0 Å². The molecule has 2 aromatic rings. The van der Waals surface area contributed by atoms with Crippen LogP contribution in [0, 0.1) is 16.3 Å². The molecular formula is C13H9FIN3O. The van der Waals surface area contributed by atoms with E-state index in [1.165, 1.54) is 6.07 Å². The molecule has 0 bridgehead atoms. The zero-order chi connectivity index (χ0) is 13.6. The van der Waals surface area contributed by atoms with Gasteiger partial charge < -0.3 is 10.3 Å². The number of anilines is 1. The maximum absolute atomic E-state index is 13.6. The summed E-state index contributed by atoms with van der Waals surface area (Å²) >= 11 is 1.91. The number of hydrogen-bond donors (Lipinski definition) is 2. The first-order valence-corrected chi connectivity index (χ1v) is 6.67. The molecule has 1 aliphatic rings. The molecule has 0 spiro atoms. The lowest BCUT2D eigenvalue weighted by Crippen LogP contribution is -2.03. The van der Waals surface area contributed by atoms with E-state index < -0.39 is 0 Å². The molecule has 2 heterocycles. The predicted octanol–water partition coefficient (Wildman–Crippen LogP) is 2.95. The quantitative estimate of drug-likeness (QED) is 0.600. The number of fused-ring (bicyclic) bond motifs is 1. The Morgan fingerprint density at radius 3 is 2.89 bits per heavy atom. The van der Waals surface area contributed by atoms with Crippen LogP contribution < -0.4 is 5.32 Å². The highest BCUT2D eigenvalue weighted by Crippen LogP contribution is 2.37. The predicted molar refractivity (Wildman–Crippen MR) is 78.9 cm³/mol. The van der Waals surface area contributed by atoms with Gasteiger partial charge in [0, 0.05) is 5.56 Å². The van der Waals surface area contributed by atoms with Gasteiger partial charge in [-0.3, -0.25) is 4.79 Å². The van der Waals surface area contributed by atoms with Crippen molar-refractivity contribution in [3.8, 4) is 0 Å². The van der Waals surface area contributed by atoms with Crippen LogP contribution in [-0.2, 0) is 4.79 Å². The van der Waals surface area contributed by atoms with E-state index in [1.807, 2.05) is 29.5 Å². The highest BCUT2D eigenvalue weighted by molar-refractivity contribution is 14.1. The number of nitrogens with zero attached hydrogens (tertiary/aromatic N) is 1. The first kappa shape index (κ1) is 12.3. The van der Waals surface area contributed by atoms with E-state index in [2.05, 4.69) is 15.3 Å². The third kappa shape index (κ3) is 1.95. The summed E-state index contributed by atoms with van der Waals surface area (Å²) in [6.07, 6.45) is 3.26. The summed E-state index contributed by atoms with van der Waals surface area (Å²) in [6, 6.07) is 2.93. The van der Waals surface area contributed by atoms with Crippen LogP contribution in [0.2, 0.25) is 0 Å². The average molecular weight is 369 g/mol. The Morgan fingerprint density at radius 1 is 1.42 bits per heavy atom. The topological polar surface area (TPSA) is 57.8 Å². The monoisotopic (exact) mass is 369 g/mol. The Labute approximate surface area is 122 Å². The third-order valence-corrected chi connectivity index (χ3v) is 4.07. The minimum atomic E-state index is -0.330. The molecule has 96 valence electrons. The number of amides is 1. The largest absolute Gasteiger partial charge is 0.345 e. The molecule has 1 aromatic carbocycles. The zero-order valence-electron chi connectivity index (χ0n) is 9.92. The smallest absolute Gasteiger partial charge is 0.256 e. The highest BCUT2D eigenvalue weighted by atomic mass is 127. The number of aromatic amines is 1. The molecule has 19 heavy (non-hydrogen) atoms. The van der Waals surface area contributed by atoms with E-state index in [4.69, 9.17) is 0 Å². The van der Waals surface area contributed by atoms with Gasteiger partial charge in [-0.15, -0.1) is 0 Å². The van der Waals surface area contributed by atoms with Gasteiger partial charge in [-0.05, 0) is 47.7 Å². The van der Waals surface area contributed by atoms with Crippen molar-refractivity contribution in [2.75, 3.05) is 5.32 Å². The number of hydrogen-bond acceptors (Lipinski definition) is 2. The van der Waals surface area contributed by atoms with Crippen LogP contribution in [0.4, 0.5) is 10.1 Å². The Kier molecular flexibility index (Phi) is 2.89. The van der Waals surface area contributed by atoms with E-state index in [9.17, 15) is 9.18 Å². The van der Waals surface area contributed by atoms with Crippen molar-refractivity contribution < 1.29 is 9.18 Å². The van der Waals surface area contributed by atoms with Crippen LogP contribution in [0.15, 0.2) is 18.5 Å². The van der Waals surface area contributed by atoms with Gasteiger partial charge in [-0.1, -0.05) is 0 Å². The maximum atomic E-state index is 13.6. The van der Waals surface area contributed by atoms with Gasteiger partial charge in [-0.25, -0.2) is 9.37 Å². The number of carbonyl (C=O) groups is 1. The molecule has 1 aliphatic heterocycles. The van der Waals surface area contributed by atoms with E-state index in [0.717, 1.165) is 11.4 Å². The fourth-order valence-corrected chi connectivity index (χ4v) is 2.78. The molecule has 1 amide bonds. The van der Waals surface area contributed by atoms with Crippen molar-refractivity contribution in [1.82, 2.24) is 9.97 Å². The molecule has 2 N–H and O–H groups in total. The van der Waals surface area contributed by atoms with Crippen molar-refractivity contribution in [3.63, 3.8) is 0 Å². The van der Waals surface area contributed by atoms with E-state index >= 15 is 0 Å². The van der Waals surface area contributed by atoms with Crippen molar-refractivity contribution in [2.45, 2.75) is 6.92 Å². The van der Waals surface area contributed by atoms with Crippen molar-refractivity contribution >= 4 is 45.8 Å². The minimum absolute atomic E-state index is 0.229. The maximum Gasteiger partial charge on any atom is 0.256 e. The van der Waals surface area contributed by atoms with Gasteiger partial charge in [0.2, 0.25) is 0 Å². The SMILES string of the molecule is Cc1nc[nH]c1/C=C1\C(=O)Nc2ccc(F)c(I)c21. The molecular weight excluding hydrogens is 360 g/mol. The first-order chi connectivity index (χ1) is 9.08. The number of halogens is 2. The summed E-state index contributed by atoms with van der Waals surface area (Å²) in [4.78, 5) is 19.0. The zero-order valence-corrected chi connectivity index (χ0v) is 12.1. The highest BCUT2D eigenvalue weighted by Gasteiger charge is 2.28. The summed E-state index contributed by atoms with van der Waals surface area (Å²) in [5.41, 5.74) is 3.24. The molecule has 3 rings (SSSR count). The van der Waals surface area contributed by atoms with Crippen LogP contribution in [0.1, 0.15) is 17.0 Å².